The van der Waals surface area contributed by atoms with Crippen molar-refractivity contribution >= 4 is 40.9 Å². The zero-order valence-corrected chi connectivity index (χ0v) is 14.1. The highest BCUT2D eigenvalue weighted by Gasteiger charge is 2.28. The Bertz CT molecular complexity index is 485. The van der Waals surface area contributed by atoms with Gasteiger partial charge < -0.3 is 4.90 Å². The number of hydrogen-bond acceptors (Lipinski definition) is 2. The third-order valence-electron chi connectivity index (χ3n) is 3.73. The zero-order valence-electron chi connectivity index (χ0n) is 11.7. The summed E-state index contributed by atoms with van der Waals surface area (Å²) in [4.78, 5) is 15.3. The number of carbonyl (C=O) groups is 1. The van der Waals surface area contributed by atoms with E-state index < -0.39 is 0 Å². The average molecular weight is 332 g/mol. The first-order valence-electron chi connectivity index (χ1n) is 6.88. The Balaban J connectivity index is 1.99. The minimum absolute atomic E-state index is 0.186. The van der Waals surface area contributed by atoms with Crippen LogP contribution in [0.2, 0.25) is 10.0 Å². The molecule has 20 heavy (non-hydrogen) atoms. The van der Waals surface area contributed by atoms with Gasteiger partial charge in [0, 0.05) is 22.0 Å². The van der Waals surface area contributed by atoms with Crippen molar-refractivity contribution in [2.24, 2.45) is 0 Å². The van der Waals surface area contributed by atoms with Gasteiger partial charge >= 0.3 is 0 Å². The lowest BCUT2D eigenvalue weighted by Gasteiger charge is -2.39. The maximum Gasteiger partial charge on any atom is 0.233 e. The third kappa shape index (κ3) is 3.84. The van der Waals surface area contributed by atoms with Gasteiger partial charge in [-0.15, -0.1) is 11.8 Å². The second kappa shape index (κ2) is 7.06. The number of hydrogen-bond donors (Lipinski definition) is 0. The number of nitrogens with zero attached hydrogens (tertiary/aromatic N) is 1. The zero-order chi connectivity index (χ0) is 14.7. The molecule has 1 amide bonds. The fourth-order valence-electron chi connectivity index (χ4n) is 2.71. The summed E-state index contributed by atoms with van der Waals surface area (Å²) in [5, 5.41) is 1.29. The highest BCUT2D eigenvalue weighted by atomic mass is 35.5. The SMILES string of the molecule is C[C@@H]1CCC[C@H](C)N1C(=O)CSc1cc(Cl)ccc1Cl. The largest absolute Gasteiger partial charge is 0.337 e. The number of carbonyl (C=O) groups excluding carboxylic acids is 1. The van der Waals surface area contributed by atoms with Gasteiger partial charge in [-0.25, -0.2) is 0 Å². The van der Waals surface area contributed by atoms with E-state index in [0.29, 0.717) is 27.9 Å². The smallest absolute Gasteiger partial charge is 0.233 e. The summed E-state index contributed by atoms with van der Waals surface area (Å²) in [5.41, 5.74) is 0. The molecule has 0 bridgehead atoms. The molecule has 0 unspecified atom stereocenters. The van der Waals surface area contributed by atoms with Crippen LogP contribution in [0.5, 0.6) is 0 Å². The lowest BCUT2D eigenvalue weighted by molar-refractivity contribution is -0.134. The summed E-state index contributed by atoms with van der Waals surface area (Å²) >= 11 is 13.5. The Morgan fingerprint density at radius 1 is 1.30 bits per heavy atom. The maximum absolute atomic E-state index is 12.4. The van der Waals surface area contributed by atoms with Crippen LogP contribution in [0, 0.1) is 0 Å². The molecule has 1 aliphatic heterocycles. The van der Waals surface area contributed by atoms with E-state index in [0.717, 1.165) is 17.7 Å². The molecule has 2 atom stereocenters. The van der Waals surface area contributed by atoms with Gasteiger partial charge in [0.1, 0.15) is 0 Å². The van der Waals surface area contributed by atoms with Gasteiger partial charge in [-0.2, -0.15) is 0 Å². The second-order valence-corrected chi connectivity index (χ2v) is 7.15. The highest BCUT2D eigenvalue weighted by Crippen LogP contribution is 2.31. The number of piperidine rings is 1. The quantitative estimate of drug-likeness (QED) is 0.736. The van der Waals surface area contributed by atoms with Crippen molar-refractivity contribution in [3.8, 4) is 0 Å². The molecule has 110 valence electrons. The van der Waals surface area contributed by atoms with Crippen LogP contribution < -0.4 is 0 Å². The van der Waals surface area contributed by atoms with Crippen molar-refractivity contribution < 1.29 is 4.79 Å². The van der Waals surface area contributed by atoms with E-state index in [2.05, 4.69) is 13.8 Å². The minimum Gasteiger partial charge on any atom is -0.337 e. The predicted molar refractivity (Wildman–Crippen MR) is 86.8 cm³/mol. The minimum atomic E-state index is 0.186. The van der Waals surface area contributed by atoms with E-state index in [-0.39, 0.29) is 5.91 Å². The van der Waals surface area contributed by atoms with Gasteiger partial charge in [-0.3, -0.25) is 4.79 Å². The van der Waals surface area contributed by atoms with Gasteiger partial charge in [0.15, 0.2) is 0 Å². The lowest BCUT2D eigenvalue weighted by Crippen LogP contribution is -2.48. The van der Waals surface area contributed by atoms with Crippen LogP contribution in [0.1, 0.15) is 33.1 Å². The standard InChI is InChI=1S/C15H19Cl2NOS/c1-10-4-3-5-11(2)18(10)15(19)9-20-14-8-12(16)6-7-13(14)17/h6-8,10-11H,3-5,9H2,1-2H3/t10-,11+. The van der Waals surface area contributed by atoms with E-state index in [9.17, 15) is 4.79 Å². The summed E-state index contributed by atoms with van der Waals surface area (Å²) in [6, 6.07) is 6.00. The molecule has 5 heteroatoms. The van der Waals surface area contributed by atoms with Gasteiger partial charge in [0.05, 0.1) is 10.8 Å². The van der Waals surface area contributed by atoms with Crippen LogP contribution in [-0.4, -0.2) is 28.6 Å². The normalized spacial score (nSPS) is 22.9. The Labute approximate surface area is 134 Å². The highest BCUT2D eigenvalue weighted by molar-refractivity contribution is 8.00. The van der Waals surface area contributed by atoms with E-state index in [1.807, 2.05) is 11.0 Å². The van der Waals surface area contributed by atoms with Crippen LogP contribution in [0.25, 0.3) is 0 Å². The van der Waals surface area contributed by atoms with Gasteiger partial charge in [-0.1, -0.05) is 23.2 Å². The summed E-state index contributed by atoms with van der Waals surface area (Å²) in [6.45, 7) is 4.26. The lowest BCUT2D eigenvalue weighted by atomic mass is 9.98. The summed E-state index contributed by atoms with van der Waals surface area (Å²) in [7, 11) is 0. The van der Waals surface area contributed by atoms with Crippen molar-refractivity contribution in [1.29, 1.82) is 0 Å². The first-order chi connectivity index (χ1) is 9.49. The summed E-state index contributed by atoms with van der Waals surface area (Å²) in [5.74, 6) is 0.597. The number of benzene rings is 1. The van der Waals surface area contributed by atoms with Gasteiger partial charge in [0.2, 0.25) is 5.91 Å². The van der Waals surface area contributed by atoms with Crippen molar-refractivity contribution in [3.05, 3.63) is 28.2 Å². The number of amides is 1. The molecule has 0 aliphatic carbocycles. The molecular formula is C15H19Cl2NOS. The first-order valence-corrected chi connectivity index (χ1v) is 8.62. The van der Waals surface area contributed by atoms with Gasteiger partial charge in [0.25, 0.3) is 0 Å². The second-order valence-electron chi connectivity index (χ2n) is 5.29. The average Bonchev–Trinajstić information content (AvgIpc) is 2.39. The predicted octanol–water partition coefficient (Wildman–Crippen LogP) is 4.88. The molecule has 1 heterocycles. The Morgan fingerprint density at radius 3 is 2.60 bits per heavy atom. The van der Waals surface area contributed by atoms with Crippen LogP contribution in [0.15, 0.2) is 23.1 Å². The van der Waals surface area contributed by atoms with Crippen molar-refractivity contribution in [2.75, 3.05) is 5.75 Å². The molecule has 0 saturated carbocycles. The van der Waals surface area contributed by atoms with Crippen LogP contribution >= 0.6 is 35.0 Å². The molecule has 1 fully saturated rings. The molecular weight excluding hydrogens is 313 g/mol. The van der Waals surface area contributed by atoms with Crippen LogP contribution in [-0.2, 0) is 4.79 Å². The molecule has 2 nitrogen and oxygen atoms in total. The van der Waals surface area contributed by atoms with E-state index in [1.54, 1.807) is 12.1 Å². The van der Waals surface area contributed by atoms with E-state index in [4.69, 9.17) is 23.2 Å². The molecule has 0 N–H and O–H groups in total. The number of halogens is 2. The molecule has 1 saturated heterocycles. The fraction of sp³-hybridized carbons (Fsp3) is 0.533. The Kier molecular flexibility index (Phi) is 5.65. The summed E-state index contributed by atoms with van der Waals surface area (Å²) < 4.78 is 0. The number of rotatable bonds is 3. The molecule has 0 spiro atoms. The van der Waals surface area contributed by atoms with Crippen LogP contribution in [0.4, 0.5) is 0 Å². The monoisotopic (exact) mass is 331 g/mol. The number of likely N-dealkylation sites (tertiary alicyclic amines) is 1. The van der Waals surface area contributed by atoms with E-state index in [1.165, 1.54) is 18.2 Å². The van der Waals surface area contributed by atoms with Crippen LogP contribution in [0.3, 0.4) is 0 Å². The molecule has 1 aromatic carbocycles. The number of thioether (sulfide) groups is 1. The third-order valence-corrected chi connectivity index (χ3v) is 5.44. The molecule has 0 aromatic heterocycles. The first kappa shape index (κ1) is 16.0. The molecule has 0 radical (unpaired) electrons. The summed E-state index contributed by atoms with van der Waals surface area (Å²) in [6.07, 6.45) is 3.40. The fourth-order valence-corrected chi connectivity index (χ4v) is 4.08. The maximum atomic E-state index is 12.4. The van der Waals surface area contributed by atoms with E-state index >= 15 is 0 Å². The molecule has 1 aliphatic rings. The van der Waals surface area contributed by atoms with Crippen molar-refractivity contribution in [1.82, 2.24) is 4.90 Å². The van der Waals surface area contributed by atoms with Crippen molar-refractivity contribution in [2.45, 2.75) is 50.1 Å². The molecule has 1 aromatic rings. The Morgan fingerprint density at radius 2 is 1.95 bits per heavy atom. The molecule has 2 rings (SSSR count). The Hall–Kier alpha value is -0.380. The van der Waals surface area contributed by atoms with Gasteiger partial charge in [-0.05, 0) is 51.3 Å². The van der Waals surface area contributed by atoms with Crippen molar-refractivity contribution in [3.63, 3.8) is 0 Å². The topological polar surface area (TPSA) is 20.3 Å².